The predicted molar refractivity (Wildman–Crippen MR) is 63.5 cm³/mol. The molecule has 0 aliphatic rings. The van der Waals surface area contributed by atoms with E-state index in [0.717, 1.165) is 31.3 Å². The molecular formula is C12H20N2. The fourth-order valence-corrected chi connectivity index (χ4v) is 1.34. The topological polar surface area (TPSA) is 47.7 Å². The van der Waals surface area contributed by atoms with Crippen LogP contribution in [0.3, 0.4) is 0 Å². The molecule has 0 heterocycles. The van der Waals surface area contributed by atoms with Crippen molar-refractivity contribution in [3.63, 3.8) is 0 Å². The van der Waals surface area contributed by atoms with Crippen LogP contribution in [0, 0.1) is 16.7 Å². The van der Waals surface area contributed by atoms with Crippen LogP contribution < -0.4 is 0 Å². The lowest BCUT2D eigenvalue weighted by molar-refractivity contribution is 0.596. The van der Waals surface area contributed by atoms with Crippen LogP contribution in [0.4, 0.5) is 0 Å². The zero-order valence-electron chi connectivity index (χ0n) is 8.97. The first kappa shape index (κ1) is 12.8. The van der Waals surface area contributed by atoms with Gasteiger partial charge < -0.3 is 10.8 Å². The van der Waals surface area contributed by atoms with E-state index in [1.54, 1.807) is 6.08 Å². The zero-order chi connectivity index (χ0) is 11.0. The summed E-state index contributed by atoms with van der Waals surface area (Å²) in [6.07, 6.45) is 6.78. The number of allylic oxidation sites excluding steroid dienone is 2. The summed E-state index contributed by atoms with van der Waals surface area (Å²) < 4.78 is 0. The summed E-state index contributed by atoms with van der Waals surface area (Å²) in [6, 6.07) is 0. The van der Waals surface area contributed by atoms with Crippen LogP contribution in [0.25, 0.3) is 0 Å². The maximum Gasteiger partial charge on any atom is 0.00924 e. The summed E-state index contributed by atoms with van der Waals surface area (Å²) in [5, 5.41) is 14.5. The van der Waals surface area contributed by atoms with Gasteiger partial charge in [-0.2, -0.15) is 0 Å². The third-order valence-corrected chi connectivity index (χ3v) is 2.31. The van der Waals surface area contributed by atoms with Crippen molar-refractivity contribution in [1.82, 2.24) is 0 Å². The molecule has 0 aliphatic carbocycles. The summed E-state index contributed by atoms with van der Waals surface area (Å²) >= 11 is 0. The minimum atomic E-state index is 0.278. The third kappa shape index (κ3) is 5.46. The van der Waals surface area contributed by atoms with Crippen molar-refractivity contribution < 1.29 is 0 Å². The molecule has 1 atom stereocenters. The molecule has 0 fully saturated rings. The summed E-state index contributed by atoms with van der Waals surface area (Å²) in [7, 11) is 0. The number of nitrogens with one attached hydrogen (secondary N) is 2. The Hall–Kier alpha value is -1.18. The Labute approximate surface area is 86.7 Å². The van der Waals surface area contributed by atoms with Crippen LogP contribution >= 0.6 is 0 Å². The molecule has 1 unspecified atom stereocenters. The molecule has 0 aromatic carbocycles. The van der Waals surface area contributed by atoms with Crippen LogP contribution in [0.15, 0.2) is 24.8 Å². The lowest BCUT2D eigenvalue weighted by atomic mass is 9.91. The first-order valence-electron chi connectivity index (χ1n) is 4.96. The van der Waals surface area contributed by atoms with E-state index in [0.29, 0.717) is 5.71 Å². The van der Waals surface area contributed by atoms with Crippen molar-refractivity contribution in [1.29, 1.82) is 10.8 Å². The van der Waals surface area contributed by atoms with Gasteiger partial charge in [0.1, 0.15) is 0 Å². The van der Waals surface area contributed by atoms with Gasteiger partial charge in [-0.05, 0) is 38.8 Å². The Morgan fingerprint density at radius 2 is 2.14 bits per heavy atom. The van der Waals surface area contributed by atoms with E-state index in [9.17, 15) is 0 Å². The van der Waals surface area contributed by atoms with Crippen molar-refractivity contribution in [2.24, 2.45) is 5.92 Å². The highest BCUT2D eigenvalue weighted by Crippen LogP contribution is 2.18. The minimum absolute atomic E-state index is 0.278. The molecule has 14 heavy (non-hydrogen) atoms. The van der Waals surface area contributed by atoms with Gasteiger partial charge >= 0.3 is 0 Å². The van der Waals surface area contributed by atoms with E-state index in [1.807, 2.05) is 6.92 Å². The maximum absolute atomic E-state index is 7.62. The summed E-state index contributed by atoms with van der Waals surface area (Å²) in [4.78, 5) is 0. The van der Waals surface area contributed by atoms with Crippen molar-refractivity contribution in [2.75, 3.05) is 0 Å². The minimum Gasteiger partial charge on any atom is -0.313 e. The number of rotatable bonds is 8. The molecule has 0 aromatic rings. The van der Waals surface area contributed by atoms with Gasteiger partial charge in [0.25, 0.3) is 0 Å². The standard InChI is InChI=1S/C12H20N2/c1-4-10(2)9-12(11(3)14)7-5-6-8-13/h4,8,12-14H,1-2,5-7,9H2,3H3. The Morgan fingerprint density at radius 3 is 2.57 bits per heavy atom. The number of unbranched alkanes of at least 4 members (excludes halogenated alkanes) is 1. The second-order valence-electron chi connectivity index (χ2n) is 3.58. The first-order chi connectivity index (χ1) is 6.61. The summed E-state index contributed by atoms with van der Waals surface area (Å²) in [5.74, 6) is 0.278. The predicted octanol–water partition coefficient (Wildman–Crippen LogP) is 3.59. The van der Waals surface area contributed by atoms with E-state index in [-0.39, 0.29) is 5.92 Å². The number of hydrogen-bond donors (Lipinski definition) is 2. The van der Waals surface area contributed by atoms with Crippen LogP contribution in [0.1, 0.15) is 32.6 Å². The largest absolute Gasteiger partial charge is 0.313 e. The average molecular weight is 192 g/mol. The van der Waals surface area contributed by atoms with E-state index in [4.69, 9.17) is 10.8 Å². The van der Waals surface area contributed by atoms with Crippen molar-refractivity contribution in [2.45, 2.75) is 32.6 Å². The Bertz CT molecular complexity index is 228. The summed E-state index contributed by atoms with van der Waals surface area (Å²) in [6.45, 7) is 9.37. The van der Waals surface area contributed by atoms with E-state index < -0.39 is 0 Å². The van der Waals surface area contributed by atoms with Gasteiger partial charge in [-0.25, -0.2) is 0 Å². The summed E-state index contributed by atoms with van der Waals surface area (Å²) in [5.41, 5.74) is 1.70. The smallest absolute Gasteiger partial charge is 0.00924 e. The first-order valence-corrected chi connectivity index (χ1v) is 4.96. The number of hydrogen-bond acceptors (Lipinski definition) is 2. The second-order valence-corrected chi connectivity index (χ2v) is 3.58. The quantitative estimate of drug-likeness (QED) is 0.335. The highest BCUT2D eigenvalue weighted by atomic mass is 14.4. The zero-order valence-corrected chi connectivity index (χ0v) is 8.97. The normalized spacial score (nSPS) is 11.8. The van der Waals surface area contributed by atoms with Crippen LogP contribution in [-0.4, -0.2) is 11.9 Å². The molecular weight excluding hydrogens is 172 g/mol. The van der Waals surface area contributed by atoms with E-state index in [2.05, 4.69) is 13.2 Å². The van der Waals surface area contributed by atoms with Gasteiger partial charge in [0.2, 0.25) is 0 Å². The van der Waals surface area contributed by atoms with Crippen molar-refractivity contribution in [3.05, 3.63) is 24.8 Å². The Kier molecular flexibility index (Phi) is 6.63. The highest BCUT2D eigenvalue weighted by molar-refractivity contribution is 5.81. The van der Waals surface area contributed by atoms with E-state index >= 15 is 0 Å². The molecule has 0 aromatic heterocycles. The molecule has 2 N–H and O–H groups in total. The van der Waals surface area contributed by atoms with Gasteiger partial charge in [-0.1, -0.05) is 24.8 Å². The molecule has 0 saturated carbocycles. The fraction of sp³-hybridized carbons (Fsp3) is 0.500. The van der Waals surface area contributed by atoms with Crippen LogP contribution in [0.2, 0.25) is 0 Å². The lowest BCUT2D eigenvalue weighted by Gasteiger charge is -2.15. The van der Waals surface area contributed by atoms with Gasteiger partial charge in [-0.15, -0.1) is 0 Å². The second kappa shape index (κ2) is 7.25. The van der Waals surface area contributed by atoms with E-state index in [1.165, 1.54) is 6.21 Å². The SMILES string of the molecule is C=CC(=C)CC(CCCC=N)C(C)=N. The highest BCUT2D eigenvalue weighted by Gasteiger charge is 2.10. The van der Waals surface area contributed by atoms with Gasteiger partial charge in [0.15, 0.2) is 0 Å². The molecule has 0 spiro atoms. The molecule has 78 valence electrons. The van der Waals surface area contributed by atoms with Gasteiger partial charge in [0.05, 0.1) is 0 Å². The molecule has 0 bridgehead atoms. The molecule has 2 nitrogen and oxygen atoms in total. The van der Waals surface area contributed by atoms with Gasteiger partial charge in [0, 0.05) is 11.6 Å². The monoisotopic (exact) mass is 192 g/mol. The molecule has 2 heteroatoms. The Morgan fingerprint density at radius 1 is 1.50 bits per heavy atom. The third-order valence-electron chi connectivity index (χ3n) is 2.31. The molecule has 0 saturated heterocycles. The van der Waals surface area contributed by atoms with Crippen molar-refractivity contribution >= 4 is 11.9 Å². The fourth-order valence-electron chi connectivity index (χ4n) is 1.34. The van der Waals surface area contributed by atoms with Gasteiger partial charge in [-0.3, -0.25) is 0 Å². The van der Waals surface area contributed by atoms with Crippen molar-refractivity contribution in [3.8, 4) is 0 Å². The average Bonchev–Trinajstić information content (AvgIpc) is 2.16. The lowest BCUT2D eigenvalue weighted by Crippen LogP contribution is -2.10. The molecule has 0 aliphatic heterocycles. The molecule has 0 rings (SSSR count). The maximum atomic E-state index is 7.62. The Balaban J connectivity index is 4.01. The molecule has 0 amide bonds. The molecule has 0 radical (unpaired) electrons. The van der Waals surface area contributed by atoms with Crippen LogP contribution in [-0.2, 0) is 0 Å². The van der Waals surface area contributed by atoms with Crippen LogP contribution in [0.5, 0.6) is 0 Å².